The average molecular weight is 326 g/mol. The van der Waals surface area contributed by atoms with Crippen molar-refractivity contribution >= 4 is 17.3 Å². The minimum absolute atomic E-state index is 0.212. The van der Waals surface area contributed by atoms with Gasteiger partial charge in [-0.05, 0) is 38.6 Å². The van der Waals surface area contributed by atoms with Crippen LogP contribution in [0.4, 0.5) is 5.69 Å². The number of nitrogens with one attached hydrogen (secondary N) is 1. The Morgan fingerprint density at radius 1 is 1.27 bits per heavy atom. The summed E-state index contributed by atoms with van der Waals surface area (Å²) in [6.45, 7) is 7.81. The third-order valence-electron chi connectivity index (χ3n) is 4.37. The molecule has 0 aliphatic carbocycles. The summed E-state index contributed by atoms with van der Waals surface area (Å²) >= 11 is 6.42. The number of hydrogen-bond acceptors (Lipinski definition) is 4. The molecule has 4 nitrogen and oxygen atoms in total. The van der Waals surface area contributed by atoms with Crippen LogP contribution in [-0.4, -0.2) is 55.9 Å². The summed E-state index contributed by atoms with van der Waals surface area (Å²) in [4.78, 5) is 4.77. The summed E-state index contributed by atoms with van der Waals surface area (Å²) in [5.41, 5.74) is 2.41. The largest absolute Gasteiger partial charge is 0.393 e. The number of likely N-dealkylation sites (N-methyl/N-ethyl adjacent to an activating group) is 1. The molecule has 1 aromatic rings. The van der Waals surface area contributed by atoms with Gasteiger partial charge in [-0.15, -0.1) is 0 Å². The predicted molar refractivity (Wildman–Crippen MR) is 93.8 cm³/mol. The van der Waals surface area contributed by atoms with Crippen LogP contribution >= 0.6 is 11.6 Å². The molecule has 1 saturated heterocycles. The van der Waals surface area contributed by atoms with Gasteiger partial charge in [0.2, 0.25) is 0 Å². The van der Waals surface area contributed by atoms with E-state index in [9.17, 15) is 5.11 Å². The van der Waals surface area contributed by atoms with Crippen LogP contribution in [0.15, 0.2) is 18.2 Å². The fraction of sp³-hybridized carbons (Fsp3) is 0.647. The van der Waals surface area contributed by atoms with Gasteiger partial charge < -0.3 is 20.2 Å². The third kappa shape index (κ3) is 4.85. The molecule has 22 heavy (non-hydrogen) atoms. The quantitative estimate of drug-likeness (QED) is 0.755. The van der Waals surface area contributed by atoms with Gasteiger partial charge in [0.1, 0.15) is 0 Å². The van der Waals surface area contributed by atoms with Gasteiger partial charge in [-0.2, -0.15) is 0 Å². The maximum absolute atomic E-state index is 9.61. The highest BCUT2D eigenvalue weighted by atomic mass is 35.5. The number of aliphatic hydroxyl groups excluding tert-OH is 1. The first-order chi connectivity index (χ1) is 10.6. The van der Waals surface area contributed by atoms with Gasteiger partial charge in [0.05, 0.1) is 6.10 Å². The number of benzene rings is 1. The van der Waals surface area contributed by atoms with Crippen LogP contribution in [0.2, 0.25) is 5.02 Å². The van der Waals surface area contributed by atoms with E-state index in [-0.39, 0.29) is 6.10 Å². The second kappa shape index (κ2) is 8.73. The first-order valence-electron chi connectivity index (χ1n) is 8.21. The maximum atomic E-state index is 9.61. The van der Waals surface area contributed by atoms with Crippen LogP contribution in [0.3, 0.4) is 0 Å². The standard InChI is InChI=1S/C17H28ClN3O/c1-3-14(22)7-8-19-13-15-16(18)5-4-6-17(15)21-11-9-20(2)10-12-21/h4-6,14,19,22H,3,7-13H2,1-2H3. The number of nitrogens with zero attached hydrogens (tertiary/aromatic N) is 2. The molecule has 0 spiro atoms. The minimum Gasteiger partial charge on any atom is -0.393 e. The zero-order chi connectivity index (χ0) is 15.9. The van der Waals surface area contributed by atoms with E-state index < -0.39 is 0 Å². The number of halogens is 1. The van der Waals surface area contributed by atoms with E-state index in [1.807, 2.05) is 19.1 Å². The Hall–Kier alpha value is -0.810. The van der Waals surface area contributed by atoms with Gasteiger partial charge in [0, 0.05) is 49.0 Å². The lowest BCUT2D eigenvalue weighted by Gasteiger charge is -2.35. The number of rotatable bonds is 7. The highest BCUT2D eigenvalue weighted by molar-refractivity contribution is 6.31. The van der Waals surface area contributed by atoms with Gasteiger partial charge in [-0.3, -0.25) is 0 Å². The van der Waals surface area contributed by atoms with Crippen molar-refractivity contribution in [3.8, 4) is 0 Å². The highest BCUT2D eigenvalue weighted by Gasteiger charge is 2.18. The Balaban J connectivity index is 1.97. The summed E-state index contributed by atoms with van der Waals surface area (Å²) in [6, 6.07) is 6.15. The Bertz CT molecular complexity index is 461. The molecule has 1 unspecified atom stereocenters. The Morgan fingerprint density at radius 2 is 2.00 bits per heavy atom. The van der Waals surface area contributed by atoms with Gasteiger partial charge >= 0.3 is 0 Å². The molecule has 2 rings (SSSR count). The Labute approximate surface area is 139 Å². The average Bonchev–Trinajstić information content (AvgIpc) is 2.53. The smallest absolute Gasteiger partial charge is 0.0549 e. The summed E-state index contributed by atoms with van der Waals surface area (Å²) in [5, 5.41) is 13.8. The van der Waals surface area contributed by atoms with Crippen molar-refractivity contribution in [2.45, 2.75) is 32.4 Å². The maximum Gasteiger partial charge on any atom is 0.0549 e. The molecule has 5 heteroatoms. The summed E-state index contributed by atoms with van der Waals surface area (Å²) in [7, 11) is 2.16. The predicted octanol–water partition coefficient (Wildman–Crippen LogP) is 2.34. The van der Waals surface area contributed by atoms with Crippen LogP contribution < -0.4 is 10.2 Å². The Morgan fingerprint density at radius 3 is 2.68 bits per heavy atom. The number of anilines is 1. The van der Waals surface area contributed by atoms with Crippen LogP contribution in [0.25, 0.3) is 0 Å². The highest BCUT2D eigenvalue weighted by Crippen LogP contribution is 2.28. The number of hydrogen-bond donors (Lipinski definition) is 2. The normalized spacial score (nSPS) is 17.7. The molecule has 2 N–H and O–H groups in total. The van der Waals surface area contributed by atoms with Crippen molar-refractivity contribution in [1.29, 1.82) is 0 Å². The lowest BCUT2D eigenvalue weighted by Crippen LogP contribution is -2.45. The molecule has 0 aromatic heterocycles. The lowest BCUT2D eigenvalue weighted by molar-refractivity contribution is 0.159. The molecule has 1 aliphatic heterocycles. The molecular weight excluding hydrogens is 298 g/mol. The van der Waals surface area contributed by atoms with Crippen LogP contribution in [-0.2, 0) is 6.54 Å². The van der Waals surface area contributed by atoms with Crippen molar-refractivity contribution in [3.05, 3.63) is 28.8 Å². The molecular formula is C17H28ClN3O. The van der Waals surface area contributed by atoms with Gasteiger partial charge in [0.15, 0.2) is 0 Å². The second-order valence-electron chi connectivity index (χ2n) is 6.06. The first-order valence-corrected chi connectivity index (χ1v) is 8.59. The Kier molecular flexibility index (Phi) is 6.96. The van der Waals surface area contributed by atoms with Gasteiger partial charge in [-0.25, -0.2) is 0 Å². The van der Waals surface area contributed by atoms with Crippen molar-refractivity contribution in [1.82, 2.24) is 10.2 Å². The van der Waals surface area contributed by atoms with Crippen molar-refractivity contribution in [3.63, 3.8) is 0 Å². The molecule has 0 amide bonds. The molecule has 0 radical (unpaired) electrons. The molecule has 1 fully saturated rings. The van der Waals surface area contributed by atoms with E-state index >= 15 is 0 Å². The van der Waals surface area contributed by atoms with E-state index in [0.717, 1.165) is 57.1 Å². The van der Waals surface area contributed by atoms with Crippen LogP contribution in [0.1, 0.15) is 25.3 Å². The number of piperazine rings is 1. The van der Waals surface area contributed by atoms with Gasteiger partial charge in [0.25, 0.3) is 0 Å². The SMILES string of the molecule is CCC(O)CCNCc1c(Cl)cccc1N1CCN(C)CC1. The molecule has 124 valence electrons. The van der Waals surface area contributed by atoms with E-state index in [4.69, 9.17) is 11.6 Å². The zero-order valence-electron chi connectivity index (χ0n) is 13.7. The first kappa shape index (κ1) is 17.5. The fourth-order valence-electron chi connectivity index (χ4n) is 2.75. The molecule has 1 aromatic carbocycles. The number of aliphatic hydroxyl groups is 1. The second-order valence-corrected chi connectivity index (χ2v) is 6.46. The van der Waals surface area contributed by atoms with Crippen molar-refractivity contribution < 1.29 is 5.11 Å². The summed E-state index contributed by atoms with van der Waals surface area (Å²) in [6.07, 6.45) is 1.38. The molecule has 1 heterocycles. The third-order valence-corrected chi connectivity index (χ3v) is 4.72. The summed E-state index contributed by atoms with van der Waals surface area (Å²) in [5.74, 6) is 0. The van der Waals surface area contributed by atoms with Crippen molar-refractivity contribution in [2.24, 2.45) is 0 Å². The van der Waals surface area contributed by atoms with Crippen LogP contribution in [0, 0.1) is 0 Å². The van der Waals surface area contributed by atoms with E-state index in [0.29, 0.717) is 0 Å². The summed E-state index contributed by atoms with van der Waals surface area (Å²) < 4.78 is 0. The fourth-order valence-corrected chi connectivity index (χ4v) is 2.99. The zero-order valence-corrected chi connectivity index (χ0v) is 14.4. The molecule has 1 atom stereocenters. The minimum atomic E-state index is -0.212. The monoisotopic (exact) mass is 325 g/mol. The van der Waals surface area contributed by atoms with Crippen molar-refractivity contribution in [2.75, 3.05) is 44.7 Å². The topological polar surface area (TPSA) is 38.7 Å². The van der Waals surface area contributed by atoms with Gasteiger partial charge in [-0.1, -0.05) is 24.6 Å². The molecule has 0 bridgehead atoms. The lowest BCUT2D eigenvalue weighted by atomic mass is 10.1. The van der Waals surface area contributed by atoms with E-state index in [1.54, 1.807) is 0 Å². The van der Waals surface area contributed by atoms with Crippen LogP contribution in [0.5, 0.6) is 0 Å². The molecule has 1 aliphatic rings. The van der Waals surface area contributed by atoms with E-state index in [2.05, 4.69) is 28.2 Å². The molecule has 0 saturated carbocycles. The van der Waals surface area contributed by atoms with E-state index in [1.165, 1.54) is 11.3 Å².